The first-order chi connectivity index (χ1) is 9.63. The maximum absolute atomic E-state index is 11.1. The molecule has 0 saturated carbocycles. The summed E-state index contributed by atoms with van der Waals surface area (Å²) in [5, 5.41) is 16.9. The van der Waals surface area contributed by atoms with E-state index in [0.717, 1.165) is 5.56 Å². The average Bonchev–Trinajstić information content (AvgIpc) is 3.03. The molecule has 7 heteroatoms. The molecule has 0 bridgehead atoms. The van der Waals surface area contributed by atoms with Gasteiger partial charge in [-0.3, -0.25) is 4.98 Å². The summed E-state index contributed by atoms with van der Waals surface area (Å²) in [6, 6.07) is 5.14. The van der Waals surface area contributed by atoms with Crippen LogP contribution in [-0.4, -0.2) is 16.6 Å². The second kappa shape index (κ2) is 5.03. The van der Waals surface area contributed by atoms with E-state index in [-0.39, 0.29) is 0 Å². The van der Waals surface area contributed by atoms with Crippen molar-refractivity contribution in [2.24, 2.45) is 0 Å². The third-order valence-electron chi connectivity index (χ3n) is 3.00. The van der Waals surface area contributed by atoms with Crippen LogP contribution in [-0.2, 0) is 0 Å². The van der Waals surface area contributed by atoms with Crippen molar-refractivity contribution in [3.8, 4) is 0 Å². The molecule has 1 atom stereocenters. The van der Waals surface area contributed by atoms with Crippen LogP contribution in [0.5, 0.6) is 0 Å². The lowest BCUT2D eigenvalue weighted by atomic mass is 10.2. The van der Waals surface area contributed by atoms with Crippen molar-refractivity contribution >= 4 is 33.8 Å². The number of aliphatic hydroxyl groups is 1. The number of oxazole rings is 1. The van der Waals surface area contributed by atoms with Crippen molar-refractivity contribution in [3.63, 3.8) is 0 Å². The molecule has 0 amide bonds. The number of aromatic amines is 1. The highest BCUT2D eigenvalue weighted by Crippen LogP contribution is 2.25. The fourth-order valence-corrected chi connectivity index (χ4v) is 2.66. The van der Waals surface area contributed by atoms with E-state index in [1.54, 1.807) is 12.1 Å². The molecular formula is C13H13N3O3S. The van der Waals surface area contributed by atoms with E-state index >= 15 is 0 Å². The number of benzene rings is 1. The number of H-pyrrole nitrogens is 1. The van der Waals surface area contributed by atoms with E-state index in [9.17, 15) is 9.90 Å². The van der Waals surface area contributed by atoms with Gasteiger partial charge in [-0.2, -0.15) is 11.3 Å². The largest absolute Gasteiger partial charge is 0.417 e. The van der Waals surface area contributed by atoms with Gasteiger partial charge in [-0.05, 0) is 28.5 Å². The van der Waals surface area contributed by atoms with Crippen LogP contribution in [0.25, 0.3) is 11.1 Å². The molecule has 0 aliphatic heterocycles. The highest BCUT2D eigenvalue weighted by atomic mass is 32.1. The zero-order valence-corrected chi connectivity index (χ0v) is 11.2. The van der Waals surface area contributed by atoms with Gasteiger partial charge in [0.2, 0.25) is 0 Å². The number of nitrogen functional groups attached to an aromatic ring is 1. The number of hydrogen-bond acceptors (Lipinski definition) is 6. The molecule has 0 fully saturated rings. The molecule has 104 valence electrons. The van der Waals surface area contributed by atoms with Crippen molar-refractivity contribution in [2.75, 3.05) is 17.6 Å². The van der Waals surface area contributed by atoms with Crippen LogP contribution >= 0.6 is 11.3 Å². The molecule has 2 heterocycles. The number of aliphatic hydroxyl groups excluding tert-OH is 1. The van der Waals surface area contributed by atoms with Gasteiger partial charge in [-0.1, -0.05) is 0 Å². The van der Waals surface area contributed by atoms with Crippen LogP contribution in [0.15, 0.2) is 38.2 Å². The van der Waals surface area contributed by atoms with E-state index < -0.39 is 11.9 Å². The molecular weight excluding hydrogens is 278 g/mol. The Bertz CT molecular complexity index is 776. The van der Waals surface area contributed by atoms with Gasteiger partial charge in [-0.15, -0.1) is 0 Å². The minimum absolute atomic E-state index is 0.328. The summed E-state index contributed by atoms with van der Waals surface area (Å²) in [5.41, 5.74) is 8.82. The number of aromatic nitrogens is 1. The van der Waals surface area contributed by atoms with Crippen LogP contribution < -0.4 is 16.8 Å². The lowest BCUT2D eigenvalue weighted by molar-refractivity contribution is 0.192. The van der Waals surface area contributed by atoms with Crippen LogP contribution in [0.2, 0.25) is 0 Å². The molecule has 1 aromatic carbocycles. The van der Waals surface area contributed by atoms with Gasteiger partial charge in [-0.25, -0.2) is 4.79 Å². The Morgan fingerprint density at radius 3 is 3.10 bits per heavy atom. The zero-order valence-electron chi connectivity index (χ0n) is 10.4. The maximum atomic E-state index is 11.1. The van der Waals surface area contributed by atoms with Gasteiger partial charge in [0.05, 0.1) is 23.0 Å². The molecule has 3 rings (SSSR count). The molecule has 0 aliphatic rings. The standard InChI is InChI=1S/C13H13N3O3S/c14-8-3-12-10(16-13(18)19-12)4-9(8)15-5-11(17)7-1-2-20-6-7/h1-4,6,11,15,17H,5,14H2,(H,16,18). The van der Waals surface area contributed by atoms with Crippen LogP contribution in [0.4, 0.5) is 11.4 Å². The van der Waals surface area contributed by atoms with Gasteiger partial charge >= 0.3 is 5.76 Å². The first-order valence-corrected chi connectivity index (χ1v) is 6.94. The van der Waals surface area contributed by atoms with Crippen molar-refractivity contribution in [1.29, 1.82) is 0 Å². The SMILES string of the molecule is Nc1cc2oc(=O)[nH]c2cc1NCC(O)c1ccsc1. The zero-order chi connectivity index (χ0) is 14.1. The summed E-state index contributed by atoms with van der Waals surface area (Å²) in [6.07, 6.45) is -0.611. The number of thiophene rings is 1. The number of fused-ring (bicyclic) bond motifs is 1. The summed E-state index contributed by atoms with van der Waals surface area (Å²) in [7, 11) is 0. The highest BCUT2D eigenvalue weighted by molar-refractivity contribution is 7.07. The first-order valence-electron chi connectivity index (χ1n) is 6.00. The normalized spacial score (nSPS) is 12.7. The fraction of sp³-hybridized carbons (Fsp3) is 0.154. The summed E-state index contributed by atoms with van der Waals surface area (Å²) in [5.74, 6) is -0.519. The third kappa shape index (κ3) is 2.40. The predicted octanol–water partition coefficient (Wildman–Crippen LogP) is 1.91. The van der Waals surface area contributed by atoms with Gasteiger partial charge < -0.3 is 20.6 Å². The molecule has 0 spiro atoms. The minimum atomic E-state index is -0.611. The highest BCUT2D eigenvalue weighted by Gasteiger charge is 2.10. The number of nitrogens with two attached hydrogens (primary N) is 1. The summed E-state index contributed by atoms with van der Waals surface area (Å²) in [6.45, 7) is 0.328. The Morgan fingerprint density at radius 1 is 1.50 bits per heavy atom. The topological polar surface area (TPSA) is 104 Å². The van der Waals surface area contributed by atoms with Crippen molar-refractivity contribution in [3.05, 3.63) is 45.1 Å². The van der Waals surface area contributed by atoms with Crippen molar-refractivity contribution in [2.45, 2.75) is 6.10 Å². The number of hydrogen-bond donors (Lipinski definition) is 4. The molecule has 0 radical (unpaired) electrons. The lowest BCUT2D eigenvalue weighted by Gasteiger charge is -2.13. The molecule has 0 saturated heterocycles. The van der Waals surface area contributed by atoms with Gasteiger partial charge in [0.15, 0.2) is 5.58 Å². The Labute approximate surface area is 117 Å². The van der Waals surface area contributed by atoms with Gasteiger partial charge in [0, 0.05) is 12.6 Å². The van der Waals surface area contributed by atoms with E-state index in [1.807, 2.05) is 16.8 Å². The second-order valence-electron chi connectivity index (χ2n) is 4.40. The number of nitrogens with one attached hydrogen (secondary N) is 2. The van der Waals surface area contributed by atoms with Crippen LogP contribution in [0.3, 0.4) is 0 Å². The second-order valence-corrected chi connectivity index (χ2v) is 5.18. The Kier molecular flexibility index (Phi) is 3.21. The Balaban J connectivity index is 1.80. The Hall–Kier alpha value is -2.25. The van der Waals surface area contributed by atoms with Gasteiger partial charge in [0.25, 0.3) is 0 Å². The van der Waals surface area contributed by atoms with E-state index in [2.05, 4.69) is 10.3 Å². The average molecular weight is 291 g/mol. The maximum Gasteiger partial charge on any atom is 0.417 e. The van der Waals surface area contributed by atoms with Crippen molar-refractivity contribution < 1.29 is 9.52 Å². The smallest absolute Gasteiger partial charge is 0.408 e. The molecule has 1 unspecified atom stereocenters. The lowest BCUT2D eigenvalue weighted by Crippen LogP contribution is -2.12. The molecule has 20 heavy (non-hydrogen) atoms. The number of rotatable bonds is 4. The summed E-state index contributed by atoms with van der Waals surface area (Å²) < 4.78 is 4.92. The minimum Gasteiger partial charge on any atom is -0.408 e. The monoisotopic (exact) mass is 291 g/mol. The van der Waals surface area contributed by atoms with Gasteiger partial charge in [0.1, 0.15) is 0 Å². The van der Waals surface area contributed by atoms with E-state index in [4.69, 9.17) is 10.2 Å². The van der Waals surface area contributed by atoms with E-state index in [1.165, 1.54) is 11.3 Å². The van der Waals surface area contributed by atoms with Crippen LogP contribution in [0, 0.1) is 0 Å². The van der Waals surface area contributed by atoms with E-state index in [0.29, 0.717) is 29.0 Å². The summed E-state index contributed by atoms with van der Waals surface area (Å²) in [4.78, 5) is 13.7. The van der Waals surface area contributed by atoms with Crippen LogP contribution in [0.1, 0.15) is 11.7 Å². The van der Waals surface area contributed by atoms with Crippen molar-refractivity contribution in [1.82, 2.24) is 4.98 Å². The molecule has 3 aromatic rings. The fourth-order valence-electron chi connectivity index (χ4n) is 1.96. The molecule has 2 aromatic heterocycles. The molecule has 6 nitrogen and oxygen atoms in total. The molecule has 0 aliphatic carbocycles. The Morgan fingerprint density at radius 2 is 2.35 bits per heavy atom. The molecule has 5 N–H and O–H groups in total. The summed E-state index contributed by atoms with van der Waals surface area (Å²) >= 11 is 1.53. The quantitative estimate of drug-likeness (QED) is 0.550. The first kappa shape index (κ1) is 12.8. The predicted molar refractivity (Wildman–Crippen MR) is 79.0 cm³/mol. The third-order valence-corrected chi connectivity index (χ3v) is 3.71. The number of anilines is 2.